The Balaban J connectivity index is 2.48. The predicted molar refractivity (Wildman–Crippen MR) is 69.3 cm³/mol. The Morgan fingerprint density at radius 1 is 1.33 bits per heavy atom. The second kappa shape index (κ2) is 4.37. The van der Waals surface area contributed by atoms with Gasteiger partial charge in [0.1, 0.15) is 5.84 Å². The number of fused-ring (bicyclic) bond motifs is 1. The Hall–Kier alpha value is -1.40. The first-order valence-electron chi connectivity index (χ1n) is 5.57. The lowest BCUT2D eigenvalue weighted by molar-refractivity contribution is 0.150. The second-order valence-corrected chi connectivity index (χ2v) is 6.46. The van der Waals surface area contributed by atoms with Gasteiger partial charge in [-0.05, 0) is 26.0 Å². The summed E-state index contributed by atoms with van der Waals surface area (Å²) in [4.78, 5) is 4.71. The van der Waals surface area contributed by atoms with Crippen LogP contribution in [0.2, 0.25) is 0 Å². The monoisotopic (exact) mass is 268 g/mol. The minimum atomic E-state index is -3.46. The van der Waals surface area contributed by atoms with Crippen LogP contribution in [0.15, 0.2) is 34.2 Å². The molecule has 0 spiro atoms. The van der Waals surface area contributed by atoms with Gasteiger partial charge in [0.15, 0.2) is 0 Å². The Morgan fingerprint density at radius 2 is 2.00 bits per heavy atom. The van der Waals surface area contributed by atoms with Crippen LogP contribution in [0, 0.1) is 0 Å². The van der Waals surface area contributed by atoms with Crippen molar-refractivity contribution in [3.05, 3.63) is 29.8 Å². The molecule has 0 amide bonds. The van der Waals surface area contributed by atoms with Crippen molar-refractivity contribution in [1.29, 1.82) is 0 Å². The van der Waals surface area contributed by atoms with Gasteiger partial charge in [-0.2, -0.15) is 0 Å². The van der Waals surface area contributed by atoms with Crippen LogP contribution in [-0.4, -0.2) is 33.5 Å². The number of benzene rings is 1. The first-order chi connectivity index (χ1) is 8.36. The van der Waals surface area contributed by atoms with E-state index in [2.05, 4.69) is 9.71 Å². The van der Waals surface area contributed by atoms with E-state index in [9.17, 15) is 8.42 Å². The molecular weight excluding hydrogens is 252 g/mol. The highest BCUT2D eigenvalue weighted by atomic mass is 32.2. The number of hydrogen-bond acceptors (Lipinski definition) is 4. The van der Waals surface area contributed by atoms with Gasteiger partial charge in [-0.1, -0.05) is 12.1 Å². The molecular formula is C12H16N2O3S. The predicted octanol–water partition coefficient (Wildman–Crippen LogP) is 1.15. The number of nitrogens with one attached hydrogen (secondary N) is 1. The molecule has 1 N–H and O–H groups in total. The van der Waals surface area contributed by atoms with Gasteiger partial charge in [-0.3, -0.25) is 9.71 Å². The highest BCUT2D eigenvalue weighted by Gasteiger charge is 2.32. The SMILES string of the molecule is COCC(C)(C)N=C1NS(=O)(=O)c2ccccc21. The summed E-state index contributed by atoms with van der Waals surface area (Å²) in [7, 11) is -1.87. The van der Waals surface area contributed by atoms with E-state index in [1.807, 2.05) is 13.8 Å². The molecule has 98 valence electrons. The third-order valence-electron chi connectivity index (χ3n) is 2.57. The van der Waals surface area contributed by atoms with Crippen LogP contribution in [0.5, 0.6) is 0 Å². The van der Waals surface area contributed by atoms with Gasteiger partial charge in [0.25, 0.3) is 10.0 Å². The fraction of sp³-hybridized carbons (Fsp3) is 0.417. The van der Waals surface area contributed by atoms with Crippen molar-refractivity contribution in [2.24, 2.45) is 4.99 Å². The van der Waals surface area contributed by atoms with E-state index < -0.39 is 15.6 Å². The van der Waals surface area contributed by atoms with Crippen molar-refractivity contribution in [1.82, 2.24) is 4.72 Å². The highest BCUT2D eigenvalue weighted by Crippen LogP contribution is 2.24. The summed E-state index contributed by atoms with van der Waals surface area (Å²) >= 11 is 0. The number of hydrogen-bond donors (Lipinski definition) is 1. The first-order valence-corrected chi connectivity index (χ1v) is 7.05. The summed E-state index contributed by atoms with van der Waals surface area (Å²) in [5.74, 6) is 0.382. The Kier molecular flexibility index (Phi) is 3.16. The summed E-state index contributed by atoms with van der Waals surface area (Å²) in [6.45, 7) is 4.19. The summed E-state index contributed by atoms with van der Waals surface area (Å²) in [6, 6.07) is 6.81. The lowest BCUT2D eigenvalue weighted by Crippen LogP contribution is -2.30. The number of ether oxygens (including phenoxy) is 1. The van der Waals surface area contributed by atoms with Crippen molar-refractivity contribution in [3.8, 4) is 0 Å². The lowest BCUT2D eigenvalue weighted by atomic mass is 10.1. The lowest BCUT2D eigenvalue weighted by Gasteiger charge is -2.19. The molecule has 5 nitrogen and oxygen atoms in total. The molecule has 1 aromatic rings. The van der Waals surface area contributed by atoms with Gasteiger partial charge in [0, 0.05) is 12.7 Å². The number of methoxy groups -OCH3 is 1. The zero-order valence-corrected chi connectivity index (χ0v) is 11.4. The highest BCUT2D eigenvalue weighted by molar-refractivity contribution is 7.90. The summed E-state index contributed by atoms with van der Waals surface area (Å²) < 4.78 is 31.3. The maximum Gasteiger partial charge on any atom is 0.263 e. The number of aliphatic imine (C=N–C) groups is 1. The molecule has 0 saturated carbocycles. The second-order valence-electron chi connectivity index (χ2n) is 4.81. The van der Waals surface area contributed by atoms with Crippen molar-refractivity contribution >= 4 is 15.9 Å². The molecule has 1 heterocycles. The average Bonchev–Trinajstić information content (AvgIpc) is 2.51. The van der Waals surface area contributed by atoms with E-state index in [0.717, 1.165) is 0 Å². The fourth-order valence-corrected chi connectivity index (χ4v) is 3.14. The summed E-state index contributed by atoms with van der Waals surface area (Å²) in [5.41, 5.74) is 0.131. The van der Waals surface area contributed by atoms with E-state index in [1.165, 1.54) is 0 Å². The number of nitrogens with zero attached hydrogens (tertiary/aromatic N) is 1. The van der Waals surface area contributed by atoms with Gasteiger partial charge in [0.05, 0.1) is 17.0 Å². The van der Waals surface area contributed by atoms with Crippen LogP contribution < -0.4 is 4.72 Å². The van der Waals surface area contributed by atoms with Crippen LogP contribution in [-0.2, 0) is 14.8 Å². The summed E-state index contributed by atoms with van der Waals surface area (Å²) in [6.07, 6.45) is 0. The minimum absolute atomic E-state index is 0.275. The van der Waals surface area contributed by atoms with Gasteiger partial charge in [-0.25, -0.2) is 8.42 Å². The van der Waals surface area contributed by atoms with Crippen molar-refractivity contribution in [2.45, 2.75) is 24.3 Å². The largest absolute Gasteiger partial charge is 0.382 e. The van der Waals surface area contributed by atoms with Gasteiger partial charge in [0.2, 0.25) is 0 Å². The third kappa shape index (κ3) is 2.39. The molecule has 1 aliphatic rings. The zero-order valence-electron chi connectivity index (χ0n) is 10.6. The number of sulfonamides is 1. The Labute approximate surface area is 107 Å². The Morgan fingerprint density at radius 3 is 2.67 bits per heavy atom. The van der Waals surface area contributed by atoms with Crippen LogP contribution >= 0.6 is 0 Å². The smallest absolute Gasteiger partial charge is 0.263 e. The van der Waals surface area contributed by atoms with Crippen LogP contribution in [0.4, 0.5) is 0 Å². The van der Waals surface area contributed by atoms with Gasteiger partial charge >= 0.3 is 0 Å². The van der Waals surface area contributed by atoms with Crippen molar-refractivity contribution < 1.29 is 13.2 Å². The Bertz CT molecular complexity index is 591. The molecule has 0 fully saturated rings. The van der Waals surface area contributed by atoms with Crippen LogP contribution in [0.25, 0.3) is 0 Å². The molecule has 0 radical (unpaired) electrons. The maximum absolute atomic E-state index is 11.9. The van der Waals surface area contributed by atoms with Crippen molar-refractivity contribution in [3.63, 3.8) is 0 Å². The summed E-state index contributed by atoms with van der Waals surface area (Å²) in [5, 5.41) is 0. The molecule has 0 aliphatic carbocycles. The standard InChI is InChI=1S/C12H16N2O3S/c1-12(2,8-17-3)13-11-9-6-4-5-7-10(9)18(15,16)14-11/h4-7H,8H2,1-3H3,(H,13,14). The molecule has 18 heavy (non-hydrogen) atoms. The number of amidine groups is 1. The quantitative estimate of drug-likeness (QED) is 0.894. The normalized spacial score (nSPS) is 19.6. The fourth-order valence-electron chi connectivity index (χ4n) is 1.91. The first kappa shape index (κ1) is 13.0. The molecule has 6 heteroatoms. The molecule has 0 unspecified atom stereocenters. The molecule has 0 aromatic heterocycles. The van der Waals surface area contributed by atoms with E-state index in [1.54, 1.807) is 31.4 Å². The number of rotatable bonds is 3. The molecule has 0 bridgehead atoms. The minimum Gasteiger partial charge on any atom is -0.382 e. The molecule has 1 aromatic carbocycles. The van der Waals surface area contributed by atoms with Gasteiger partial charge in [-0.15, -0.1) is 0 Å². The molecule has 2 rings (SSSR count). The average molecular weight is 268 g/mol. The molecule has 1 aliphatic heterocycles. The van der Waals surface area contributed by atoms with Gasteiger partial charge < -0.3 is 4.74 Å². The van der Waals surface area contributed by atoms with E-state index in [-0.39, 0.29) is 4.90 Å². The topological polar surface area (TPSA) is 67.8 Å². The van der Waals surface area contributed by atoms with E-state index >= 15 is 0 Å². The maximum atomic E-state index is 11.9. The van der Waals surface area contributed by atoms with E-state index in [4.69, 9.17) is 4.74 Å². The van der Waals surface area contributed by atoms with Crippen molar-refractivity contribution in [2.75, 3.05) is 13.7 Å². The zero-order chi connectivity index (χ0) is 13.4. The van der Waals surface area contributed by atoms with Crippen LogP contribution in [0.3, 0.4) is 0 Å². The molecule has 0 saturated heterocycles. The molecule has 0 atom stereocenters. The van der Waals surface area contributed by atoms with E-state index in [0.29, 0.717) is 18.0 Å². The van der Waals surface area contributed by atoms with Crippen LogP contribution in [0.1, 0.15) is 19.4 Å². The third-order valence-corrected chi connectivity index (χ3v) is 3.97.